The summed E-state index contributed by atoms with van der Waals surface area (Å²) in [5.41, 5.74) is 8.80. The molecule has 0 aliphatic heterocycles. The van der Waals surface area contributed by atoms with Crippen molar-refractivity contribution in [3.8, 4) is 6.07 Å². The van der Waals surface area contributed by atoms with Crippen molar-refractivity contribution in [1.82, 2.24) is 14.7 Å². The molecule has 0 saturated heterocycles. The summed E-state index contributed by atoms with van der Waals surface area (Å²) in [6.07, 6.45) is 0. The van der Waals surface area contributed by atoms with Crippen LogP contribution in [0.5, 0.6) is 0 Å². The van der Waals surface area contributed by atoms with E-state index in [1.165, 1.54) is 4.68 Å². The van der Waals surface area contributed by atoms with Crippen LogP contribution in [0.25, 0.3) is 0 Å². The average Bonchev–Trinajstić information content (AvgIpc) is 2.71. The van der Waals surface area contributed by atoms with E-state index in [0.29, 0.717) is 29.2 Å². The minimum atomic E-state index is -0.196. The van der Waals surface area contributed by atoms with E-state index in [0.717, 1.165) is 5.56 Å². The second-order valence-corrected chi connectivity index (χ2v) is 4.94. The van der Waals surface area contributed by atoms with Crippen LogP contribution in [0, 0.1) is 18.3 Å². The van der Waals surface area contributed by atoms with Crippen molar-refractivity contribution in [3.05, 3.63) is 46.8 Å². The number of nitrogens with zero attached hydrogens (tertiary/aromatic N) is 4. The molecule has 0 atom stereocenters. The molecule has 1 heterocycles. The smallest absolute Gasteiger partial charge is 0.274 e. The van der Waals surface area contributed by atoms with Crippen molar-refractivity contribution in [1.29, 1.82) is 5.26 Å². The number of hydrogen-bond acceptors (Lipinski definition) is 4. The fraction of sp³-hybridized carbons (Fsp3) is 0.267. The maximum atomic E-state index is 12.5. The molecule has 1 amide bonds. The lowest BCUT2D eigenvalue weighted by Crippen LogP contribution is -2.28. The van der Waals surface area contributed by atoms with Gasteiger partial charge in [0.1, 0.15) is 5.69 Å². The van der Waals surface area contributed by atoms with Crippen LogP contribution in [-0.2, 0) is 13.6 Å². The highest BCUT2D eigenvalue weighted by Gasteiger charge is 2.21. The Morgan fingerprint density at radius 2 is 2.24 bits per heavy atom. The minimum Gasteiger partial charge on any atom is -0.395 e. The van der Waals surface area contributed by atoms with Crippen LogP contribution in [0.15, 0.2) is 24.3 Å². The van der Waals surface area contributed by atoms with Crippen molar-refractivity contribution in [3.63, 3.8) is 0 Å². The molecular weight excluding hydrogens is 266 g/mol. The predicted octanol–water partition coefficient (Wildman–Crippen LogP) is 1.45. The van der Waals surface area contributed by atoms with Crippen LogP contribution in [-0.4, -0.2) is 27.6 Å². The van der Waals surface area contributed by atoms with Crippen LogP contribution in [0.1, 0.15) is 27.3 Å². The molecule has 2 rings (SSSR count). The second kappa shape index (κ2) is 5.67. The van der Waals surface area contributed by atoms with Crippen LogP contribution in [0.4, 0.5) is 5.69 Å². The molecular formula is C15H17N5O. The monoisotopic (exact) mass is 283 g/mol. The summed E-state index contributed by atoms with van der Waals surface area (Å²) in [6.45, 7) is 2.17. The van der Waals surface area contributed by atoms with Gasteiger partial charge in [0.05, 0.1) is 23.0 Å². The Bertz CT molecular complexity index is 726. The molecule has 108 valence electrons. The standard InChI is InChI=1S/C15H17N5O/c1-10-13(17)14(20(3)18-10)15(21)19(2)9-12-6-4-5-11(7-12)8-16/h4-7H,9,17H2,1-3H3. The third-order valence-corrected chi connectivity index (χ3v) is 3.29. The lowest BCUT2D eigenvalue weighted by Gasteiger charge is -2.17. The fourth-order valence-electron chi connectivity index (χ4n) is 2.19. The summed E-state index contributed by atoms with van der Waals surface area (Å²) in [5, 5.41) is 13.0. The van der Waals surface area contributed by atoms with Crippen LogP contribution in [0.3, 0.4) is 0 Å². The number of carbonyl (C=O) groups is 1. The molecule has 1 aromatic carbocycles. The average molecular weight is 283 g/mol. The Morgan fingerprint density at radius 1 is 1.52 bits per heavy atom. The number of carbonyl (C=O) groups excluding carboxylic acids is 1. The number of rotatable bonds is 3. The number of aryl methyl sites for hydroxylation is 2. The molecule has 0 fully saturated rings. The van der Waals surface area contributed by atoms with E-state index in [4.69, 9.17) is 11.0 Å². The van der Waals surface area contributed by atoms with E-state index in [1.54, 1.807) is 44.1 Å². The molecule has 0 unspecified atom stereocenters. The summed E-state index contributed by atoms with van der Waals surface area (Å²) >= 11 is 0. The molecule has 21 heavy (non-hydrogen) atoms. The van der Waals surface area contributed by atoms with Gasteiger partial charge in [-0.2, -0.15) is 10.4 Å². The first-order valence-electron chi connectivity index (χ1n) is 6.47. The molecule has 0 aliphatic carbocycles. The number of amides is 1. The van der Waals surface area contributed by atoms with Gasteiger partial charge in [0, 0.05) is 20.6 Å². The zero-order chi connectivity index (χ0) is 15.6. The van der Waals surface area contributed by atoms with E-state index in [9.17, 15) is 4.79 Å². The Morgan fingerprint density at radius 3 is 2.81 bits per heavy atom. The zero-order valence-corrected chi connectivity index (χ0v) is 12.3. The van der Waals surface area contributed by atoms with Crippen molar-refractivity contribution in [2.45, 2.75) is 13.5 Å². The number of aromatic nitrogens is 2. The maximum absolute atomic E-state index is 12.5. The summed E-state index contributed by atoms with van der Waals surface area (Å²) in [6, 6.07) is 9.26. The molecule has 6 nitrogen and oxygen atoms in total. The lowest BCUT2D eigenvalue weighted by atomic mass is 10.1. The Balaban J connectivity index is 2.22. The molecule has 6 heteroatoms. The third kappa shape index (κ3) is 2.87. The minimum absolute atomic E-state index is 0.196. The number of nitriles is 1. The van der Waals surface area contributed by atoms with Gasteiger partial charge in [-0.1, -0.05) is 12.1 Å². The fourth-order valence-corrected chi connectivity index (χ4v) is 2.19. The molecule has 0 spiro atoms. The van der Waals surface area contributed by atoms with Gasteiger partial charge in [-0.15, -0.1) is 0 Å². The first-order chi connectivity index (χ1) is 9.93. The molecule has 1 aromatic heterocycles. The van der Waals surface area contributed by atoms with Crippen LogP contribution >= 0.6 is 0 Å². The number of benzene rings is 1. The highest BCUT2D eigenvalue weighted by atomic mass is 16.2. The predicted molar refractivity (Wildman–Crippen MR) is 79.3 cm³/mol. The second-order valence-electron chi connectivity index (χ2n) is 4.94. The van der Waals surface area contributed by atoms with Gasteiger partial charge in [-0.3, -0.25) is 9.48 Å². The SMILES string of the molecule is Cc1nn(C)c(C(=O)N(C)Cc2cccc(C#N)c2)c1N. The van der Waals surface area contributed by atoms with Gasteiger partial charge in [-0.25, -0.2) is 0 Å². The van der Waals surface area contributed by atoms with Gasteiger partial charge < -0.3 is 10.6 Å². The summed E-state index contributed by atoms with van der Waals surface area (Å²) in [7, 11) is 3.39. The quantitative estimate of drug-likeness (QED) is 0.923. The molecule has 0 bridgehead atoms. The van der Waals surface area contributed by atoms with Crippen molar-refractivity contribution < 1.29 is 4.79 Å². The van der Waals surface area contributed by atoms with Crippen molar-refractivity contribution in [2.75, 3.05) is 12.8 Å². The summed E-state index contributed by atoms with van der Waals surface area (Å²) in [5.74, 6) is -0.196. The topological polar surface area (TPSA) is 87.9 Å². The highest BCUT2D eigenvalue weighted by Crippen LogP contribution is 2.18. The largest absolute Gasteiger partial charge is 0.395 e. The number of nitrogens with two attached hydrogens (primary N) is 1. The van der Waals surface area contributed by atoms with E-state index in [-0.39, 0.29) is 5.91 Å². The first-order valence-corrected chi connectivity index (χ1v) is 6.47. The van der Waals surface area contributed by atoms with E-state index in [1.807, 2.05) is 6.07 Å². The normalized spacial score (nSPS) is 10.2. The summed E-state index contributed by atoms with van der Waals surface area (Å²) < 4.78 is 1.50. The van der Waals surface area contributed by atoms with Gasteiger partial charge in [0.2, 0.25) is 0 Å². The zero-order valence-electron chi connectivity index (χ0n) is 12.3. The van der Waals surface area contributed by atoms with Crippen LogP contribution in [0.2, 0.25) is 0 Å². The van der Waals surface area contributed by atoms with E-state index in [2.05, 4.69) is 11.2 Å². The molecule has 2 aromatic rings. The van der Waals surface area contributed by atoms with E-state index >= 15 is 0 Å². The Hall–Kier alpha value is -2.81. The van der Waals surface area contributed by atoms with Crippen LogP contribution < -0.4 is 5.73 Å². The maximum Gasteiger partial charge on any atom is 0.274 e. The summed E-state index contributed by atoms with van der Waals surface area (Å²) in [4.78, 5) is 14.0. The molecule has 0 radical (unpaired) electrons. The molecule has 0 aliphatic rings. The lowest BCUT2D eigenvalue weighted by molar-refractivity contribution is 0.0775. The van der Waals surface area contributed by atoms with Gasteiger partial charge in [0.15, 0.2) is 0 Å². The van der Waals surface area contributed by atoms with Crippen molar-refractivity contribution >= 4 is 11.6 Å². The highest BCUT2D eigenvalue weighted by molar-refractivity contribution is 5.97. The number of anilines is 1. The van der Waals surface area contributed by atoms with Gasteiger partial charge >= 0.3 is 0 Å². The third-order valence-electron chi connectivity index (χ3n) is 3.29. The Labute approximate surface area is 123 Å². The molecule has 0 saturated carbocycles. The van der Waals surface area contributed by atoms with E-state index < -0.39 is 0 Å². The number of nitrogen functional groups attached to an aromatic ring is 1. The van der Waals surface area contributed by atoms with Gasteiger partial charge in [0.25, 0.3) is 5.91 Å². The first kappa shape index (κ1) is 14.6. The van der Waals surface area contributed by atoms with Gasteiger partial charge in [-0.05, 0) is 24.6 Å². The number of hydrogen-bond donors (Lipinski definition) is 1. The Kier molecular flexibility index (Phi) is 3.94. The molecule has 2 N–H and O–H groups in total. The van der Waals surface area contributed by atoms with Crippen molar-refractivity contribution in [2.24, 2.45) is 7.05 Å².